The second kappa shape index (κ2) is 7.82. The minimum atomic E-state index is 0.460. The van der Waals surface area contributed by atoms with E-state index in [0.717, 1.165) is 70.3 Å². The number of benzene rings is 1. The number of ether oxygens (including phenoxy) is 2. The van der Waals surface area contributed by atoms with E-state index in [-0.39, 0.29) is 0 Å². The first-order valence-corrected chi connectivity index (χ1v) is 9.89. The molecule has 0 saturated carbocycles. The molecule has 1 unspecified atom stereocenters. The minimum absolute atomic E-state index is 0.460. The molecule has 26 heavy (non-hydrogen) atoms. The molecule has 7 nitrogen and oxygen atoms in total. The molecule has 0 aromatic heterocycles. The molecule has 140 valence electrons. The molecule has 1 atom stereocenters. The van der Waals surface area contributed by atoms with Crippen molar-refractivity contribution in [2.75, 3.05) is 68.8 Å². The Kier molecular flexibility index (Phi) is 5.29. The van der Waals surface area contributed by atoms with Crippen molar-refractivity contribution in [2.24, 2.45) is 0 Å². The van der Waals surface area contributed by atoms with E-state index in [0.29, 0.717) is 6.04 Å². The largest absolute Gasteiger partial charge is 0.495 e. The zero-order chi connectivity index (χ0) is 17.9. The lowest BCUT2D eigenvalue weighted by atomic mass is 10.2. The van der Waals surface area contributed by atoms with Gasteiger partial charge in [0.1, 0.15) is 5.75 Å². The van der Waals surface area contributed by atoms with Gasteiger partial charge in [0.2, 0.25) is 0 Å². The molecule has 3 heterocycles. The Hall–Kier alpha value is -1.82. The van der Waals surface area contributed by atoms with Crippen molar-refractivity contribution in [3.05, 3.63) is 18.2 Å². The predicted octanol–water partition coefficient (Wildman–Crippen LogP) is 1.77. The van der Waals surface area contributed by atoms with Crippen LogP contribution in [0.2, 0.25) is 0 Å². The monoisotopic (exact) mass is 375 g/mol. The minimum Gasteiger partial charge on any atom is -0.495 e. The van der Waals surface area contributed by atoms with Crippen molar-refractivity contribution in [1.29, 1.82) is 5.26 Å². The fourth-order valence-electron chi connectivity index (χ4n) is 3.78. The number of morpholine rings is 1. The fraction of sp³-hybridized carbons (Fsp3) is 0.611. The van der Waals surface area contributed by atoms with Crippen LogP contribution in [0.3, 0.4) is 0 Å². The second-order valence-corrected chi connectivity index (χ2v) is 7.84. The summed E-state index contributed by atoms with van der Waals surface area (Å²) in [5, 5.41) is 9.08. The van der Waals surface area contributed by atoms with Gasteiger partial charge in [0, 0.05) is 57.4 Å². The van der Waals surface area contributed by atoms with Gasteiger partial charge in [-0.05, 0) is 24.6 Å². The van der Waals surface area contributed by atoms with Crippen LogP contribution in [-0.2, 0) is 4.74 Å². The van der Waals surface area contributed by atoms with Crippen molar-refractivity contribution < 1.29 is 9.47 Å². The average molecular weight is 375 g/mol. The highest BCUT2D eigenvalue weighted by molar-refractivity contribution is 7.98. The maximum Gasteiger partial charge on any atom is 0.179 e. The van der Waals surface area contributed by atoms with Crippen LogP contribution >= 0.6 is 12.1 Å². The van der Waals surface area contributed by atoms with Crippen molar-refractivity contribution in [1.82, 2.24) is 9.21 Å². The van der Waals surface area contributed by atoms with E-state index in [1.54, 1.807) is 19.2 Å². The summed E-state index contributed by atoms with van der Waals surface area (Å²) < 4.78 is 15.8. The molecule has 1 aromatic carbocycles. The highest BCUT2D eigenvalue weighted by atomic mass is 32.2. The van der Waals surface area contributed by atoms with Gasteiger partial charge < -0.3 is 23.6 Å². The van der Waals surface area contributed by atoms with Gasteiger partial charge in [-0.25, -0.2) is 4.31 Å². The molecule has 1 aromatic rings. The summed E-state index contributed by atoms with van der Waals surface area (Å²) in [6.45, 7) is 7.04. The zero-order valence-electron chi connectivity index (χ0n) is 15.1. The van der Waals surface area contributed by atoms with Gasteiger partial charge in [-0.3, -0.25) is 0 Å². The lowest BCUT2D eigenvalue weighted by molar-refractivity contribution is 0.122. The van der Waals surface area contributed by atoms with Gasteiger partial charge in [-0.1, -0.05) is 0 Å². The van der Waals surface area contributed by atoms with Crippen LogP contribution in [0.25, 0.3) is 0 Å². The van der Waals surface area contributed by atoms with Crippen LogP contribution in [0.5, 0.6) is 5.75 Å². The number of nitriles is 1. The van der Waals surface area contributed by atoms with Crippen LogP contribution in [0.15, 0.2) is 18.2 Å². The topological polar surface area (TPSA) is 55.2 Å². The zero-order valence-corrected chi connectivity index (χ0v) is 16.0. The van der Waals surface area contributed by atoms with Crippen molar-refractivity contribution in [3.8, 4) is 11.9 Å². The normalized spacial score (nSPS) is 24.2. The highest BCUT2D eigenvalue weighted by Crippen LogP contribution is 2.38. The van der Waals surface area contributed by atoms with Gasteiger partial charge in [-0.2, -0.15) is 5.26 Å². The summed E-state index contributed by atoms with van der Waals surface area (Å²) in [7, 11) is 1.73. The maximum absolute atomic E-state index is 9.08. The van der Waals surface area contributed by atoms with E-state index in [2.05, 4.69) is 37.9 Å². The van der Waals surface area contributed by atoms with E-state index in [1.165, 1.54) is 5.69 Å². The predicted molar refractivity (Wildman–Crippen MR) is 103 cm³/mol. The summed E-state index contributed by atoms with van der Waals surface area (Å²) in [6.07, 6.45) is 3.34. The van der Waals surface area contributed by atoms with Gasteiger partial charge in [0.05, 0.1) is 31.7 Å². The van der Waals surface area contributed by atoms with Crippen LogP contribution in [0, 0.1) is 11.5 Å². The standard InChI is InChI=1S/C18H25N5O2S/c1-24-18-3-2-15(12-17(18)21-8-10-25-11-9-21)22-6-7-23(26-22)16-4-5-20(13-16)14-19/h2-3,12,16H,4-11,13H2,1H3. The maximum atomic E-state index is 9.08. The molecule has 0 bridgehead atoms. The van der Waals surface area contributed by atoms with E-state index >= 15 is 0 Å². The Morgan fingerprint density at radius 3 is 2.77 bits per heavy atom. The molecule has 0 spiro atoms. The number of methoxy groups -OCH3 is 1. The molecule has 0 N–H and O–H groups in total. The molecule has 3 aliphatic heterocycles. The number of nitrogens with zero attached hydrogens (tertiary/aromatic N) is 5. The van der Waals surface area contributed by atoms with Crippen LogP contribution in [0.4, 0.5) is 11.4 Å². The number of hydrogen-bond acceptors (Lipinski definition) is 8. The van der Waals surface area contributed by atoms with Crippen LogP contribution in [0.1, 0.15) is 6.42 Å². The van der Waals surface area contributed by atoms with Gasteiger partial charge in [-0.15, -0.1) is 0 Å². The smallest absolute Gasteiger partial charge is 0.179 e. The number of rotatable bonds is 4. The molecule has 3 aliphatic rings. The Labute approximate surface area is 159 Å². The van der Waals surface area contributed by atoms with E-state index in [9.17, 15) is 0 Å². The van der Waals surface area contributed by atoms with Crippen molar-refractivity contribution in [3.63, 3.8) is 0 Å². The Bertz CT molecular complexity index is 676. The quantitative estimate of drug-likeness (QED) is 0.583. The molecule has 3 saturated heterocycles. The Morgan fingerprint density at radius 1 is 1.19 bits per heavy atom. The molecule has 4 rings (SSSR count). The lowest BCUT2D eigenvalue weighted by Gasteiger charge is -2.31. The molecule has 8 heteroatoms. The number of likely N-dealkylation sites (tertiary alicyclic amines) is 1. The Morgan fingerprint density at radius 2 is 2.04 bits per heavy atom. The van der Waals surface area contributed by atoms with Crippen molar-refractivity contribution in [2.45, 2.75) is 12.5 Å². The van der Waals surface area contributed by atoms with Gasteiger partial charge >= 0.3 is 0 Å². The third kappa shape index (κ3) is 3.52. The first kappa shape index (κ1) is 17.6. The summed E-state index contributed by atoms with van der Waals surface area (Å²) >= 11 is 1.79. The van der Waals surface area contributed by atoms with Crippen LogP contribution in [-0.4, -0.2) is 74.8 Å². The Balaban J connectivity index is 1.47. The highest BCUT2D eigenvalue weighted by Gasteiger charge is 2.33. The number of anilines is 2. The van der Waals surface area contributed by atoms with Gasteiger partial charge in [0.15, 0.2) is 6.19 Å². The molecular weight excluding hydrogens is 350 g/mol. The molecule has 0 aliphatic carbocycles. The number of hydrogen-bond donors (Lipinski definition) is 0. The van der Waals surface area contributed by atoms with E-state index in [4.69, 9.17) is 14.7 Å². The van der Waals surface area contributed by atoms with E-state index in [1.807, 2.05) is 4.90 Å². The summed E-state index contributed by atoms with van der Waals surface area (Å²) in [4.78, 5) is 4.20. The molecule has 0 radical (unpaired) electrons. The summed E-state index contributed by atoms with van der Waals surface area (Å²) in [5.74, 6) is 0.914. The fourth-order valence-corrected chi connectivity index (χ4v) is 4.87. The molecular formula is C18H25N5O2S. The third-order valence-electron chi connectivity index (χ3n) is 5.24. The SMILES string of the molecule is COc1ccc(N2CCN(C3CCN(C#N)C3)S2)cc1N1CCOCC1. The first-order chi connectivity index (χ1) is 12.8. The lowest BCUT2D eigenvalue weighted by Crippen LogP contribution is -2.36. The summed E-state index contributed by atoms with van der Waals surface area (Å²) in [5.41, 5.74) is 2.35. The third-order valence-corrected chi connectivity index (χ3v) is 6.52. The van der Waals surface area contributed by atoms with Crippen LogP contribution < -0.4 is 13.9 Å². The average Bonchev–Trinajstić information content (AvgIpc) is 3.37. The first-order valence-electron chi connectivity index (χ1n) is 9.16. The van der Waals surface area contributed by atoms with Crippen molar-refractivity contribution >= 4 is 23.5 Å². The van der Waals surface area contributed by atoms with E-state index < -0.39 is 0 Å². The second-order valence-electron chi connectivity index (χ2n) is 6.77. The molecule has 3 fully saturated rings. The van der Waals surface area contributed by atoms with Gasteiger partial charge in [0.25, 0.3) is 0 Å². The summed E-state index contributed by atoms with van der Waals surface area (Å²) in [6, 6.07) is 6.89. The molecule has 0 amide bonds.